The standard InChI is InChI=1S/C56H37NS/c1-3-14-39(15-4-1)48-23-11-19-42-20-12-24-49(55(42)48)41-30-34-46(35-31-41)57(52-25-13-27-54-56(52)50-22-9-10-26-53(50)58-54)45-32-28-38(29-33-45)44-36-43-18-7-8-21-47(43)51(37-44)40-16-5-2-6-17-40/h1-37H. The number of fused-ring (bicyclic) bond motifs is 5. The summed E-state index contributed by atoms with van der Waals surface area (Å²) in [7, 11) is 0. The monoisotopic (exact) mass is 755 g/mol. The highest BCUT2D eigenvalue weighted by atomic mass is 32.1. The number of hydrogen-bond acceptors (Lipinski definition) is 2. The molecule has 0 bridgehead atoms. The van der Waals surface area contributed by atoms with Gasteiger partial charge < -0.3 is 4.90 Å². The molecule has 1 nitrogen and oxygen atoms in total. The Morgan fingerprint density at radius 2 is 0.810 bits per heavy atom. The van der Waals surface area contributed by atoms with Crippen LogP contribution >= 0.6 is 11.3 Å². The van der Waals surface area contributed by atoms with Gasteiger partial charge in [-0.3, -0.25) is 0 Å². The van der Waals surface area contributed by atoms with Crippen LogP contribution in [0.3, 0.4) is 0 Å². The number of nitrogens with zero attached hydrogens (tertiary/aromatic N) is 1. The van der Waals surface area contributed by atoms with Crippen LogP contribution < -0.4 is 4.90 Å². The van der Waals surface area contributed by atoms with E-state index in [1.54, 1.807) is 0 Å². The molecule has 1 heterocycles. The smallest absolute Gasteiger partial charge is 0.0554 e. The highest BCUT2D eigenvalue weighted by molar-refractivity contribution is 7.26. The van der Waals surface area contributed by atoms with Crippen LogP contribution in [0.5, 0.6) is 0 Å². The van der Waals surface area contributed by atoms with E-state index in [0.29, 0.717) is 0 Å². The van der Waals surface area contributed by atoms with Crippen LogP contribution in [-0.4, -0.2) is 0 Å². The lowest BCUT2D eigenvalue weighted by molar-refractivity contribution is 1.30. The van der Waals surface area contributed by atoms with E-state index in [1.807, 2.05) is 11.3 Å². The van der Waals surface area contributed by atoms with Gasteiger partial charge >= 0.3 is 0 Å². The molecule has 1 aromatic heterocycles. The first-order valence-electron chi connectivity index (χ1n) is 19.8. The maximum atomic E-state index is 2.43. The Hall–Kier alpha value is -7.26. The lowest BCUT2D eigenvalue weighted by atomic mass is 9.91. The van der Waals surface area contributed by atoms with E-state index in [-0.39, 0.29) is 0 Å². The van der Waals surface area contributed by atoms with Gasteiger partial charge in [-0.2, -0.15) is 0 Å². The Balaban J connectivity index is 1.05. The third kappa shape index (κ3) is 5.94. The van der Waals surface area contributed by atoms with Gasteiger partial charge in [0, 0.05) is 31.5 Å². The summed E-state index contributed by atoms with van der Waals surface area (Å²) >= 11 is 1.86. The van der Waals surface area contributed by atoms with Crippen molar-refractivity contribution >= 4 is 70.1 Å². The fourth-order valence-electron chi connectivity index (χ4n) is 8.74. The second-order valence-electron chi connectivity index (χ2n) is 14.9. The lowest BCUT2D eigenvalue weighted by Gasteiger charge is -2.27. The number of thiophene rings is 1. The Bertz CT molecular complexity index is 3250. The minimum absolute atomic E-state index is 1.11. The topological polar surface area (TPSA) is 3.24 Å². The molecule has 0 N–H and O–H groups in total. The summed E-state index contributed by atoms with van der Waals surface area (Å²) in [5, 5.41) is 7.57. The summed E-state index contributed by atoms with van der Waals surface area (Å²) < 4.78 is 2.58. The van der Waals surface area contributed by atoms with Crippen LogP contribution in [-0.2, 0) is 0 Å². The molecule has 0 saturated carbocycles. The van der Waals surface area contributed by atoms with Crippen molar-refractivity contribution in [3.05, 3.63) is 224 Å². The molecule has 272 valence electrons. The lowest BCUT2D eigenvalue weighted by Crippen LogP contribution is -2.10. The zero-order valence-electron chi connectivity index (χ0n) is 31.7. The zero-order valence-corrected chi connectivity index (χ0v) is 32.5. The van der Waals surface area contributed by atoms with Gasteiger partial charge in [0.2, 0.25) is 0 Å². The number of anilines is 3. The molecule has 0 spiro atoms. The first-order valence-corrected chi connectivity index (χ1v) is 20.7. The Morgan fingerprint density at radius 3 is 1.50 bits per heavy atom. The van der Waals surface area contributed by atoms with Gasteiger partial charge in [0.1, 0.15) is 0 Å². The van der Waals surface area contributed by atoms with Crippen molar-refractivity contribution in [2.75, 3.05) is 4.90 Å². The van der Waals surface area contributed by atoms with Gasteiger partial charge in [0.05, 0.1) is 5.69 Å². The van der Waals surface area contributed by atoms with Crippen LogP contribution in [0.25, 0.3) is 86.2 Å². The molecule has 0 atom stereocenters. The van der Waals surface area contributed by atoms with Crippen molar-refractivity contribution in [3.63, 3.8) is 0 Å². The number of rotatable bonds is 7. The van der Waals surface area contributed by atoms with Crippen molar-refractivity contribution in [1.29, 1.82) is 0 Å². The second kappa shape index (κ2) is 14.4. The first-order chi connectivity index (χ1) is 28.8. The summed E-state index contributed by atoms with van der Waals surface area (Å²) in [6.07, 6.45) is 0. The highest BCUT2D eigenvalue weighted by Gasteiger charge is 2.20. The quantitative estimate of drug-likeness (QED) is 0.157. The van der Waals surface area contributed by atoms with E-state index < -0.39 is 0 Å². The third-order valence-electron chi connectivity index (χ3n) is 11.5. The predicted molar refractivity (Wildman–Crippen MR) is 251 cm³/mol. The molecule has 2 heteroatoms. The minimum Gasteiger partial charge on any atom is -0.310 e. The zero-order chi connectivity index (χ0) is 38.4. The predicted octanol–water partition coefficient (Wildman–Crippen LogP) is 16.5. The number of benzene rings is 10. The fraction of sp³-hybridized carbons (Fsp3) is 0. The molecule has 0 aliphatic heterocycles. The van der Waals surface area contributed by atoms with Gasteiger partial charge in [0.25, 0.3) is 0 Å². The maximum Gasteiger partial charge on any atom is 0.0554 e. The molecule has 0 radical (unpaired) electrons. The van der Waals surface area contributed by atoms with Crippen molar-refractivity contribution in [1.82, 2.24) is 0 Å². The molecule has 0 unspecified atom stereocenters. The Labute approximate surface area is 342 Å². The van der Waals surface area contributed by atoms with Crippen LogP contribution in [0, 0.1) is 0 Å². The van der Waals surface area contributed by atoms with Crippen LogP contribution in [0.2, 0.25) is 0 Å². The van der Waals surface area contributed by atoms with E-state index in [2.05, 4.69) is 229 Å². The maximum absolute atomic E-state index is 2.43. The average Bonchev–Trinajstić information content (AvgIpc) is 3.69. The van der Waals surface area contributed by atoms with E-state index in [0.717, 1.165) is 11.4 Å². The van der Waals surface area contributed by atoms with Crippen molar-refractivity contribution in [3.8, 4) is 44.5 Å². The molecule has 11 aromatic rings. The first kappa shape index (κ1) is 34.0. The summed E-state index contributed by atoms with van der Waals surface area (Å²) in [6.45, 7) is 0. The van der Waals surface area contributed by atoms with Crippen LogP contribution in [0.1, 0.15) is 0 Å². The minimum atomic E-state index is 1.11. The summed E-state index contributed by atoms with van der Waals surface area (Å²) in [4.78, 5) is 2.43. The van der Waals surface area contributed by atoms with Gasteiger partial charge in [-0.05, 0) is 121 Å². The highest BCUT2D eigenvalue weighted by Crippen LogP contribution is 2.46. The van der Waals surface area contributed by atoms with Crippen molar-refractivity contribution < 1.29 is 0 Å². The van der Waals surface area contributed by atoms with Crippen molar-refractivity contribution in [2.45, 2.75) is 0 Å². The molecule has 11 rings (SSSR count). The summed E-state index contributed by atoms with van der Waals surface area (Å²) in [5.41, 5.74) is 13.2. The van der Waals surface area contributed by atoms with E-state index >= 15 is 0 Å². The van der Waals surface area contributed by atoms with E-state index in [1.165, 1.54) is 91.9 Å². The molecule has 58 heavy (non-hydrogen) atoms. The summed E-state index contributed by atoms with van der Waals surface area (Å²) in [5.74, 6) is 0. The molecular weight excluding hydrogens is 719 g/mol. The molecule has 0 saturated heterocycles. The Morgan fingerprint density at radius 1 is 0.293 bits per heavy atom. The number of hydrogen-bond donors (Lipinski definition) is 0. The van der Waals surface area contributed by atoms with Gasteiger partial charge in [0.15, 0.2) is 0 Å². The van der Waals surface area contributed by atoms with Gasteiger partial charge in [-0.1, -0.05) is 170 Å². The van der Waals surface area contributed by atoms with Crippen molar-refractivity contribution in [2.24, 2.45) is 0 Å². The molecule has 0 aliphatic rings. The second-order valence-corrected chi connectivity index (χ2v) is 15.9. The normalized spacial score (nSPS) is 11.4. The van der Waals surface area contributed by atoms with Crippen LogP contribution in [0.4, 0.5) is 17.1 Å². The van der Waals surface area contributed by atoms with Gasteiger partial charge in [-0.15, -0.1) is 11.3 Å². The summed E-state index contributed by atoms with van der Waals surface area (Å²) in [6, 6.07) is 81.9. The molecule has 0 fully saturated rings. The molecule has 0 aliphatic carbocycles. The SMILES string of the molecule is c1ccc(-c2cc(-c3ccc(N(c4ccc(-c5cccc6cccc(-c7ccccc7)c56)cc4)c4cccc5sc6ccccc6c45)cc3)cc3ccccc23)cc1. The van der Waals surface area contributed by atoms with E-state index in [9.17, 15) is 0 Å². The third-order valence-corrected chi connectivity index (χ3v) is 12.6. The fourth-order valence-corrected chi connectivity index (χ4v) is 9.86. The largest absolute Gasteiger partial charge is 0.310 e. The molecular formula is C56H37NS. The molecule has 0 amide bonds. The average molecular weight is 756 g/mol. The molecule has 10 aromatic carbocycles. The van der Waals surface area contributed by atoms with Crippen LogP contribution in [0.15, 0.2) is 224 Å². The van der Waals surface area contributed by atoms with Gasteiger partial charge in [-0.25, -0.2) is 0 Å². The Kier molecular flexibility index (Phi) is 8.42. The van der Waals surface area contributed by atoms with E-state index in [4.69, 9.17) is 0 Å².